The molecule has 8 heavy (non-hydrogen) atoms. The first-order valence-electron chi connectivity index (χ1n) is 2.28. The van der Waals surface area contributed by atoms with Gasteiger partial charge in [-0.15, -0.1) is 0 Å². The van der Waals surface area contributed by atoms with Gasteiger partial charge in [0.05, 0.1) is 13.3 Å². The maximum absolute atomic E-state index is 8.36. The molecule has 0 atom stereocenters. The normalized spacial score (nSPS) is 16.5. The lowest BCUT2D eigenvalue weighted by Gasteiger charge is -1.76. The van der Waals surface area contributed by atoms with Gasteiger partial charge >= 0.3 is 0 Å². The third-order valence-electron chi connectivity index (χ3n) is 0.627. The first-order chi connectivity index (χ1) is 3.91. The number of hydrogen-bond acceptors (Lipinski definition) is 3. The third-order valence-corrected chi connectivity index (χ3v) is 0.627. The monoisotopic (exact) mass is 119 g/mol. The molecule has 0 amide bonds. The lowest BCUT2D eigenvalue weighted by Crippen LogP contribution is -2.05. The van der Waals surface area contributed by atoms with E-state index in [4.69, 9.17) is 14.6 Å². The Morgan fingerprint density at radius 3 is 2.50 bits per heavy atom. The van der Waals surface area contributed by atoms with Gasteiger partial charge in [-0.2, -0.15) is 0 Å². The van der Waals surface area contributed by atoms with E-state index in [0.717, 1.165) is 19.9 Å². The molecule has 1 aliphatic heterocycles. The minimum Gasteiger partial charge on any atom is -0.483 e. The molecule has 48 valence electrons. The van der Waals surface area contributed by atoms with Crippen LogP contribution in [0.2, 0.25) is 0 Å². The predicted molar refractivity (Wildman–Crippen MR) is 27.5 cm³/mol. The lowest BCUT2D eigenvalue weighted by molar-refractivity contribution is -0.122. The van der Waals surface area contributed by atoms with Crippen LogP contribution in [-0.4, -0.2) is 31.5 Å². The van der Waals surface area contributed by atoms with E-state index in [9.17, 15) is 0 Å². The zero-order valence-electron chi connectivity index (χ0n) is 4.46. The zero-order chi connectivity index (χ0) is 6.24. The molecule has 2 N–H and O–H groups in total. The molecular weight excluding hydrogens is 110 g/mol. The van der Waals surface area contributed by atoms with Crippen LogP contribution < -0.4 is 5.32 Å². The average Bonchev–Trinajstić information content (AvgIpc) is 2.17. The molecule has 0 unspecified atom stereocenters. The maximum Gasteiger partial charge on any atom is 0.290 e. The second-order valence-electron chi connectivity index (χ2n) is 1.16. The van der Waals surface area contributed by atoms with Crippen LogP contribution in [0.25, 0.3) is 0 Å². The number of nitrogens with one attached hydrogen (secondary N) is 1. The van der Waals surface area contributed by atoms with E-state index in [-0.39, 0.29) is 6.47 Å². The van der Waals surface area contributed by atoms with Crippen LogP contribution in [0.4, 0.5) is 0 Å². The topological polar surface area (TPSA) is 58.6 Å². The van der Waals surface area contributed by atoms with Gasteiger partial charge in [-0.05, 0) is 0 Å². The lowest BCUT2D eigenvalue weighted by atomic mass is 10.7. The van der Waals surface area contributed by atoms with Gasteiger partial charge in [0.15, 0.2) is 0 Å². The van der Waals surface area contributed by atoms with E-state index in [0.29, 0.717) is 0 Å². The van der Waals surface area contributed by atoms with Gasteiger partial charge in [0.1, 0.15) is 0 Å². The van der Waals surface area contributed by atoms with Crippen molar-refractivity contribution in [2.24, 2.45) is 0 Å². The third kappa shape index (κ3) is 5.39. The molecule has 1 heterocycles. The molecular formula is C4H9NO3. The van der Waals surface area contributed by atoms with E-state index in [1.54, 1.807) is 0 Å². The fourth-order valence-corrected chi connectivity index (χ4v) is 0.361. The van der Waals surface area contributed by atoms with Crippen LogP contribution in [0.5, 0.6) is 0 Å². The summed E-state index contributed by atoms with van der Waals surface area (Å²) in [4.78, 5) is 8.36. The average molecular weight is 119 g/mol. The maximum atomic E-state index is 8.36. The molecule has 0 aromatic heterocycles. The van der Waals surface area contributed by atoms with Crippen LogP contribution in [0, 0.1) is 0 Å². The van der Waals surface area contributed by atoms with Gasteiger partial charge in [0.2, 0.25) is 0 Å². The van der Waals surface area contributed by atoms with Crippen molar-refractivity contribution in [2.45, 2.75) is 0 Å². The van der Waals surface area contributed by atoms with E-state index in [2.05, 4.69) is 5.32 Å². The minimum absolute atomic E-state index is 0.250. The highest BCUT2D eigenvalue weighted by Gasteiger charge is 1.92. The standard InChI is InChI=1S/C3H7NO.CH2O2/c1-2-5-3-4-1;2-1-3/h4H,1-3H2;1H,(H,2,3). The molecule has 0 bridgehead atoms. The van der Waals surface area contributed by atoms with Crippen molar-refractivity contribution < 1.29 is 14.6 Å². The Hall–Kier alpha value is -0.610. The predicted octanol–water partition coefficient (Wildman–Crippen LogP) is -0.736. The second-order valence-corrected chi connectivity index (χ2v) is 1.16. The van der Waals surface area contributed by atoms with Crippen LogP contribution in [-0.2, 0) is 9.53 Å². The Morgan fingerprint density at radius 1 is 1.75 bits per heavy atom. The minimum atomic E-state index is -0.250. The van der Waals surface area contributed by atoms with Crippen molar-refractivity contribution in [2.75, 3.05) is 19.9 Å². The molecule has 0 radical (unpaired) electrons. The molecule has 4 heteroatoms. The number of hydrogen-bond donors (Lipinski definition) is 2. The molecule has 4 nitrogen and oxygen atoms in total. The fourth-order valence-electron chi connectivity index (χ4n) is 0.361. The summed E-state index contributed by atoms with van der Waals surface area (Å²) in [5.41, 5.74) is 0. The highest BCUT2D eigenvalue weighted by Crippen LogP contribution is 1.75. The Morgan fingerprint density at radius 2 is 2.38 bits per heavy atom. The van der Waals surface area contributed by atoms with Crippen LogP contribution in [0.3, 0.4) is 0 Å². The first kappa shape index (κ1) is 7.39. The van der Waals surface area contributed by atoms with Crippen molar-refractivity contribution in [1.82, 2.24) is 5.32 Å². The first-order valence-corrected chi connectivity index (χ1v) is 2.28. The van der Waals surface area contributed by atoms with Gasteiger partial charge in [-0.3, -0.25) is 10.1 Å². The summed E-state index contributed by atoms with van der Waals surface area (Å²) in [7, 11) is 0. The summed E-state index contributed by atoms with van der Waals surface area (Å²) in [6.45, 7) is 2.42. The molecule has 0 spiro atoms. The Labute approximate surface area is 47.5 Å². The molecule has 0 saturated carbocycles. The molecule has 1 saturated heterocycles. The number of ether oxygens (including phenoxy) is 1. The Bertz CT molecular complexity index is 45.6. The Balaban J connectivity index is 0.000000145. The number of carboxylic acid groups (broad SMARTS) is 1. The van der Waals surface area contributed by atoms with Crippen molar-refractivity contribution in [3.63, 3.8) is 0 Å². The van der Waals surface area contributed by atoms with E-state index < -0.39 is 0 Å². The van der Waals surface area contributed by atoms with Gasteiger partial charge < -0.3 is 9.84 Å². The number of carbonyl (C=O) groups is 1. The van der Waals surface area contributed by atoms with Gasteiger partial charge in [-0.25, -0.2) is 0 Å². The van der Waals surface area contributed by atoms with Gasteiger partial charge in [0, 0.05) is 6.54 Å². The summed E-state index contributed by atoms with van der Waals surface area (Å²) in [5.74, 6) is 0. The molecule has 1 rings (SSSR count). The van der Waals surface area contributed by atoms with E-state index in [1.807, 2.05) is 0 Å². The van der Waals surface area contributed by atoms with Crippen LogP contribution in [0.15, 0.2) is 0 Å². The van der Waals surface area contributed by atoms with Crippen molar-refractivity contribution in [1.29, 1.82) is 0 Å². The van der Waals surface area contributed by atoms with Crippen molar-refractivity contribution >= 4 is 6.47 Å². The Kier molecular flexibility index (Phi) is 5.90. The molecule has 0 aromatic rings. The van der Waals surface area contributed by atoms with Crippen molar-refractivity contribution in [3.05, 3.63) is 0 Å². The van der Waals surface area contributed by atoms with E-state index >= 15 is 0 Å². The van der Waals surface area contributed by atoms with Gasteiger partial charge in [0.25, 0.3) is 6.47 Å². The SMILES string of the molecule is C1COCN1.O=CO. The largest absolute Gasteiger partial charge is 0.483 e. The van der Waals surface area contributed by atoms with Crippen molar-refractivity contribution in [3.8, 4) is 0 Å². The van der Waals surface area contributed by atoms with Crippen LogP contribution in [0.1, 0.15) is 0 Å². The fraction of sp³-hybridized carbons (Fsp3) is 0.750. The quantitative estimate of drug-likeness (QED) is 0.412. The van der Waals surface area contributed by atoms with Gasteiger partial charge in [-0.1, -0.05) is 0 Å². The number of rotatable bonds is 0. The molecule has 1 fully saturated rings. The molecule has 1 aliphatic rings. The van der Waals surface area contributed by atoms with E-state index in [1.165, 1.54) is 0 Å². The molecule has 0 aromatic carbocycles. The summed E-state index contributed by atoms with van der Waals surface area (Å²) >= 11 is 0. The summed E-state index contributed by atoms with van der Waals surface area (Å²) in [6, 6.07) is 0. The smallest absolute Gasteiger partial charge is 0.290 e. The van der Waals surface area contributed by atoms with Crippen LogP contribution >= 0.6 is 0 Å². The highest BCUT2D eigenvalue weighted by atomic mass is 16.5. The zero-order valence-corrected chi connectivity index (χ0v) is 4.46. The summed E-state index contributed by atoms with van der Waals surface area (Å²) < 4.78 is 4.83. The highest BCUT2D eigenvalue weighted by molar-refractivity contribution is 5.32. The second kappa shape index (κ2) is 6.39. The summed E-state index contributed by atoms with van der Waals surface area (Å²) in [5, 5.41) is 9.89. The summed E-state index contributed by atoms with van der Waals surface area (Å²) in [6.07, 6.45) is 0. The molecule has 0 aliphatic carbocycles.